The van der Waals surface area contributed by atoms with Gasteiger partial charge in [0.2, 0.25) is 0 Å². The van der Waals surface area contributed by atoms with Gasteiger partial charge in [0.15, 0.2) is 0 Å². The molecule has 1 amide bonds. The van der Waals surface area contributed by atoms with Crippen molar-refractivity contribution in [2.75, 3.05) is 24.3 Å². The number of methoxy groups -OCH3 is 1. The number of halogens is 3. The van der Waals surface area contributed by atoms with E-state index in [9.17, 15) is 23.2 Å². The predicted molar refractivity (Wildman–Crippen MR) is 158 cm³/mol. The lowest BCUT2D eigenvalue weighted by Crippen LogP contribution is -2.25. The van der Waals surface area contributed by atoms with E-state index in [1.807, 2.05) is 42.5 Å². The first-order valence-corrected chi connectivity index (χ1v) is 13.7. The van der Waals surface area contributed by atoms with Gasteiger partial charge in [-0.3, -0.25) is 4.79 Å². The Hall–Kier alpha value is -4.55. The molecular weight excluding hydrogens is 541 g/mol. The van der Waals surface area contributed by atoms with Gasteiger partial charge in [-0.15, -0.1) is 0 Å². The van der Waals surface area contributed by atoms with E-state index < -0.39 is 17.7 Å². The van der Waals surface area contributed by atoms with Crippen molar-refractivity contribution in [3.63, 3.8) is 0 Å². The Morgan fingerprint density at radius 1 is 1.02 bits per heavy atom. The van der Waals surface area contributed by atoms with E-state index >= 15 is 0 Å². The van der Waals surface area contributed by atoms with Gasteiger partial charge < -0.3 is 20.7 Å². The van der Waals surface area contributed by atoms with E-state index in [0.717, 1.165) is 35.6 Å². The lowest BCUT2D eigenvalue weighted by molar-refractivity contribution is -0.112. The van der Waals surface area contributed by atoms with Gasteiger partial charge in [0.25, 0.3) is 5.91 Å². The number of nitrogens with zero attached hydrogens (tertiary/aromatic N) is 1. The summed E-state index contributed by atoms with van der Waals surface area (Å²) in [7, 11) is 1.61. The molecule has 42 heavy (non-hydrogen) atoms. The van der Waals surface area contributed by atoms with Crippen molar-refractivity contribution in [1.29, 1.82) is 5.26 Å². The summed E-state index contributed by atoms with van der Waals surface area (Å²) < 4.78 is 46.6. The Bertz CT molecular complexity index is 1490. The maximum atomic E-state index is 13.8. The molecule has 1 saturated carbocycles. The Labute approximate surface area is 243 Å². The van der Waals surface area contributed by atoms with Crippen LogP contribution in [0, 0.1) is 17.2 Å². The number of hydrogen-bond acceptors (Lipinski definition) is 5. The number of carbonyl (C=O) groups excluding carboxylic acids is 1. The molecule has 0 saturated heterocycles. The van der Waals surface area contributed by atoms with Crippen molar-refractivity contribution in [2.45, 2.75) is 38.4 Å². The molecule has 3 N–H and O–H groups in total. The number of carbonyl (C=O) groups is 1. The monoisotopic (exact) mass is 574 g/mol. The van der Waals surface area contributed by atoms with Crippen molar-refractivity contribution in [3.8, 4) is 11.8 Å². The molecule has 1 aliphatic carbocycles. The average molecular weight is 575 g/mol. The number of ether oxygens (including phenoxy) is 1. The summed E-state index contributed by atoms with van der Waals surface area (Å²) in [5, 5.41) is 18.4. The molecule has 9 heteroatoms. The van der Waals surface area contributed by atoms with Crippen LogP contribution in [0.1, 0.15) is 48.9 Å². The molecule has 0 aliphatic heterocycles. The molecule has 3 aromatic carbocycles. The number of anilines is 2. The summed E-state index contributed by atoms with van der Waals surface area (Å²) in [6.45, 7) is 2.43. The molecule has 1 atom stereocenters. The van der Waals surface area contributed by atoms with Crippen LogP contribution in [0.3, 0.4) is 0 Å². The molecule has 1 unspecified atom stereocenters. The second-order valence-electron chi connectivity index (χ2n) is 10.1. The molecule has 4 rings (SSSR count). The van der Waals surface area contributed by atoms with Crippen molar-refractivity contribution in [1.82, 2.24) is 5.32 Å². The van der Waals surface area contributed by atoms with Crippen molar-refractivity contribution >= 4 is 17.3 Å². The quantitative estimate of drug-likeness (QED) is 0.154. The highest BCUT2D eigenvalue weighted by atomic mass is 19.4. The lowest BCUT2D eigenvalue weighted by atomic mass is 9.97. The zero-order valence-electron chi connectivity index (χ0n) is 23.5. The van der Waals surface area contributed by atoms with Crippen LogP contribution in [0.2, 0.25) is 0 Å². The van der Waals surface area contributed by atoms with Crippen LogP contribution in [-0.2, 0) is 4.79 Å². The van der Waals surface area contributed by atoms with Crippen LogP contribution in [0.5, 0.6) is 5.75 Å². The Kier molecular flexibility index (Phi) is 10.0. The lowest BCUT2D eigenvalue weighted by Gasteiger charge is -2.21. The number of hydrogen-bond donors (Lipinski definition) is 3. The van der Waals surface area contributed by atoms with E-state index in [1.165, 1.54) is 18.9 Å². The largest absolute Gasteiger partial charge is 0.497 e. The molecule has 0 bridgehead atoms. The SMILES string of the molecule is CC/C=C(/C=C(\Nc1cccc(C#N)c1)C(=O)Nc1cccc(C(NCC2CC2)c2ccc(OC)cc2)c1)C(F)(F)F. The van der Waals surface area contributed by atoms with Gasteiger partial charge in [0, 0.05) is 11.4 Å². The van der Waals surface area contributed by atoms with Gasteiger partial charge in [-0.25, -0.2) is 0 Å². The molecule has 3 aromatic rings. The number of allylic oxidation sites excluding steroid dienone is 3. The first kappa shape index (κ1) is 30.4. The molecule has 218 valence electrons. The van der Waals surface area contributed by atoms with E-state index in [1.54, 1.807) is 44.4 Å². The highest BCUT2D eigenvalue weighted by Gasteiger charge is 2.33. The second kappa shape index (κ2) is 13.9. The standard InChI is InChI=1S/C33H33F3N4O2/c1-3-6-26(33(34,35)36)19-30(39-27-9-4-7-23(17-27)20-37)32(41)40-28-10-5-8-25(18-28)31(38-21-22-11-12-22)24-13-15-29(42-2)16-14-24/h4-10,13-19,22,31,38-39H,3,11-12,21H2,1-2H3,(H,40,41)/b26-6-,30-19-. The van der Waals surface area contributed by atoms with Gasteiger partial charge in [0.05, 0.1) is 30.4 Å². The number of benzene rings is 3. The summed E-state index contributed by atoms with van der Waals surface area (Å²) in [4.78, 5) is 13.5. The van der Waals surface area contributed by atoms with Gasteiger partial charge in [0.1, 0.15) is 11.4 Å². The number of amides is 1. The van der Waals surface area contributed by atoms with E-state index in [0.29, 0.717) is 22.9 Å². The van der Waals surface area contributed by atoms with Crippen LogP contribution >= 0.6 is 0 Å². The summed E-state index contributed by atoms with van der Waals surface area (Å²) >= 11 is 0. The number of alkyl halides is 3. The Morgan fingerprint density at radius 3 is 2.33 bits per heavy atom. The third-order valence-electron chi connectivity index (χ3n) is 6.80. The molecule has 1 fully saturated rings. The van der Waals surface area contributed by atoms with Crippen LogP contribution in [0.4, 0.5) is 24.5 Å². The predicted octanol–water partition coefficient (Wildman–Crippen LogP) is 7.49. The maximum Gasteiger partial charge on any atom is 0.416 e. The Balaban J connectivity index is 1.64. The van der Waals surface area contributed by atoms with E-state index in [-0.39, 0.29) is 18.2 Å². The highest BCUT2D eigenvalue weighted by molar-refractivity contribution is 6.06. The normalized spacial score (nSPS) is 14.6. The van der Waals surface area contributed by atoms with Gasteiger partial charge in [-0.2, -0.15) is 18.4 Å². The van der Waals surface area contributed by atoms with Gasteiger partial charge in [-0.1, -0.05) is 43.3 Å². The molecule has 1 aliphatic rings. The second-order valence-corrected chi connectivity index (χ2v) is 10.1. The minimum atomic E-state index is -4.66. The molecule has 0 radical (unpaired) electrons. The van der Waals surface area contributed by atoms with Crippen LogP contribution in [0.25, 0.3) is 0 Å². The average Bonchev–Trinajstić information content (AvgIpc) is 3.81. The zero-order chi connectivity index (χ0) is 30.1. The summed E-state index contributed by atoms with van der Waals surface area (Å²) in [5.41, 5.74) is 1.68. The van der Waals surface area contributed by atoms with Crippen LogP contribution < -0.4 is 20.7 Å². The fourth-order valence-electron chi connectivity index (χ4n) is 4.44. The van der Waals surface area contributed by atoms with Gasteiger partial charge >= 0.3 is 6.18 Å². The molecule has 0 heterocycles. The van der Waals surface area contributed by atoms with Crippen LogP contribution in [-0.4, -0.2) is 25.7 Å². The Morgan fingerprint density at radius 2 is 1.71 bits per heavy atom. The van der Waals surface area contributed by atoms with Crippen molar-refractivity contribution in [3.05, 3.63) is 113 Å². The summed E-state index contributed by atoms with van der Waals surface area (Å²) in [5.74, 6) is 0.613. The summed E-state index contributed by atoms with van der Waals surface area (Å²) in [6, 6.07) is 23.0. The number of nitrogens with one attached hydrogen (secondary N) is 3. The third-order valence-corrected chi connectivity index (χ3v) is 6.80. The first-order valence-electron chi connectivity index (χ1n) is 13.7. The van der Waals surface area contributed by atoms with Gasteiger partial charge in [-0.05, 0) is 91.4 Å². The smallest absolute Gasteiger partial charge is 0.416 e. The number of nitriles is 1. The maximum absolute atomic E-state index is 13.8. The topological polar surface area (TPSA) is 86.2 Å². The minimum Gasteiger partial charge on any atom is -0.497 e. The molecule has 0 aromatic heterocycles. The molecule has 6 nitrogen and oxygen atoms in total. The highest BCUT2D eigenvalue weighted by Crippen LogP contribution is 2.32. The fourth-order valence-corrected chi connectivity index (χ4v) is 4.44. The minimum absolute atomic E-state index is 0.132. The van der Waals surface area contributed by atoms with E-state index in [2.05, 4.69) is 16.0 Å². The summed E-state index contributed by atoms with van der Waals surface area (Å²) in [6.07, 6.45) is -0.344. The fraction of sp³-hybridized carbons (Fsp3) is 0.273. The van der Waals surface area contributed by atoms with Crippen molar-refractivity contribution in [2.24, 2.45) is 5.92 Å². The number of rotatable bonds is 12. The van der Waals surface area contributed by atoms with Crippen LogP contribution in [0.15, 0.2) is 96.2 Å². The first-order chi connectivity index (χ1) is 20.2. The molecule has 0 spiro atoms. The zero-order valence-corrected chi connectivity index (χ0v) is 23.5. The third kappa shape index (κ3) is 8.48. The molecular formula is C33H33F3N4O2. The van der Waals surface area contributed by atoms with Crippen molar-refractivity contribution < 1.29 is 22.7 Å². The van der Waals surface area contributed by atoms with E-state index in [4.69, 9.17) is 4.74 Å².